The molecular weight excluding hydrogens is 394 g/mol. The van der Waals surface area contributed by atoms with Gasteiger partial charge in [0.2, 0.25) is 11.8 Å². The molecule has 0 spiro atoms. The number of hydrogen-bond donors (Lipinski definition) is 1. The summed E-state index contributed by atoms with van der Waals surface area (Å²) in [4.78, 5) is 12.4. The lowest BCUT2D eigenvalue weighted by Crippen LogP contribution is -2.15. The molecule has 1 aromatic heterocycles. The minimum atomic E-state index is -0.0937. The third-order valence-electron chi connectivity index (χ3n) is 4.94. The van der Waals surface area contributed by atoms with Crippen molar-refractivity contribution in [1.82, 2.24) is 10.2 Å². The maximum absolute atomic E-state index is 12.4. The molecule has 152 valence electrons. The molecule has 0 unspecified atom stereocenters. The van der Waals surface area contributed by atoms with Crippen molar-refractivity contribution in [2.45, 2.75) is 32.4 Å². The number of nitrogens with zero attached hydrogens (tertiary/aromatic N) is 2. The van der Waals surface area contributed by atoms with Crippen LogP contribution in [0, 0.1) is 20.8 Å². The van der Waals surface area contributed by atoms with Crippen LogP contribution in [-0.2, 0) is 11.2 Å². The fourth-order valence-corrected chi connectivity index (χ4v) is 4.24. The van der Waals surface area contributed by atoms with Crippen LogP contribution in [0.15, 0.2) is 64.2 Å². The van der Waals surface area contributed by atoms with Crippen LogP contribution in [0.1, 0.15) is 28.1 Å². The van der Waals surface area contributed by atoms with Gasteiger partial charge in [0, 0.05) is 5.69 Å². The lowest BCUT2D eigenvalue weighted by atomic mass is 10.0. The molecule has 0 radical (unpaired) electrons. The minimum absolute atomic E-state index is 0.0937. The number of hydrogen-bond acceptors (Lipinski definition) is 5. The molecule has 3 aromatic carbocycles. The molecule has 0 saturated carbocycles. The number of thioether (sulfide) groups is 1. The molecular formula is C24H23N3O2S. The number of anilines is 1. The van der Waals surface area contributed by atoms with E-state index in [-0.39, 0.29) is 11.7 Å². The molecule has 0 fully saturated rings. The Kier molecular flexibility index (Phi) is 5.86. The Labute approximate surface area is 179 Å². The van der Waals surface area contributed by atoms with E-state index in [1.165, 1.54) is 28.1 Å². The first kappa shape index (κ1) is 20.2. The Bertz CT molecular complexity index is 1190. The van der Waals surface area contributed by atoms with Crippen molar-refractivity contribution < 1.29 is 9.21 Å². The highest BCUT2D eigenvalue weighted by Gasteiger charge is 2.13. The second-order valence-corrected chi connectivity index (χ2v) is 8.31. The fraction of sp³-hybridized carbons (Fsp3) is 0.208. The van der Waals surface area contributed by atoms with E-state index in [0.717, 1.165) is 22.4 Å². The van der Waals surface area contributed by atoms with E-state index in [1.807, 2.05) is 39.0 Å². The Morgan fingerprint density at radius 1 is 1.00 bits per heavy atom. The van der Waals surface area contributed by atoms with Crippen LogP contribution in [-0.4, -0.2) is 21.9 Å². The van der Waals surface area contributed by atoms with Gasteiger partial charge in [0.25, 0.3) is 5.22 Å². The second-order valence-electron chi connectivity index (χ2n) is 7.39. The molecule has 1 N–H and O–H groups in total. The smallest absolute Gasteiger partial charge is 0.277 e. The zero-order valence-electron chi connectivity index (χ0n) is 17.2. The van der Waals surface area contributed by atoms with Gasteiger partial charge < -0.3 is 9.73 Å². The molecule has 1 heterocycles. The van der Waals surface area contributed by atoms with Gasteiger partial charge in [0.05, 0.1) is 12.2 Å². The van der Waals surface area contributed by atoms with Crippen LogP contribution in [0.5, 0.6) is 0 Å². The first-order valence-corrected chi connectivity index (χ1v) is 10.8. The van der Waals surface area contributed by atoms with Crippen molar-refractivity contribution in [3.63, 3.8) is 0 Å². The van der Waals surface area contributed by atoms with Crippen LogP contribution in [0.4, 0.5) is 5.69 Å². The van der Waals surface area contributed by atoms with Gasteiger partial charge in [0.15, 0.2) is 0 Å². The zero-order chi connectivity index (χ0) is 21.1. The maximum Gasteiger partial charge on any atom is 0.277 e. The predicted octanol–water partition coefficient (Wildman–Crippen LogP) is 5.47. The summed E-state index contributed by atoms with van der Waals surface area (Å²) in [7, 11) is 0. The quantitative estimate of drug-likeness (QED) is 0.421. The highest BCUT2D eigenvalue weighted by molar-refractivity contribution is 7.99. The highest BCUT2D eigenvalue weighted by atomic mass is 32.2. The van der Waals surface area contributed by atoms with Gasteiger partial charge in [-0.1, -0.05) is 71.9 Å². The molecule has 0 aliphatic carbocycles. The Balaban J connectivity index is 1.38. The molecule has 0 aliphatic heterocycles. The number of aryl methyl sites for hydroxylation is 3. The average molecular weight is 418 g/mol. The summed E-state index contributed by atoms with van der Waals surface area (Å²) in [5, 5.41) is 14.0. The molecule has 4 rings (SSSR count). The molecule has 4 aromatic rings. The number of aromatic nitrogens is 2. The number of nitrogens with one attached hydrogen (secondary N) is 1. The van der Waals surface area contributed by atoms with E-state index in [2.05, 4.69) is 51.9 Å². The Morgan fingerprint density at radius 3 is 2.53 bits per heavy atom. The largest absolute Gasteiger partial charge is 0.416 e. The summed E-state index contributed by atoms with van der Waals surface area (Å²) in [6, 6.07) is 18.5. The van der Waals surface area contributed by atoms with Gasteiger partial charge in [-0.15, -0.1) is 10.2 Å². The molecule has 0 atom stereocenters. The van der Waals surface area contributed by atoms with E-state index in [0.29, 0.717) is 17.5 Å². The van der Waals surface area contributed by atoms with E-state index >= 15 is 0 Å². The first-order valence-electron chi connectivity index (χ1n) is 9.79. The standard InChI is InChI=1S/C24H23N3O2S/c1-15-11-16(2)23(17(3)12-15)25-21(28)14-30-24-27-26-22(29-24)13-19-9-6-8-18-7-4-5-10-20(18)19/h4-12H,13-14H2,1-3H3,(H,25,28). The summed E-state index contributed by atoms with van der Waals surface area (Å²) in [5.41, 5.74) is 5.30. The molecule has 0 saturated heterocycles. The molecule has 0 bridgehead atoms. The van der Waals surface area contributed by atoms with E-state index in [9.17, 15) is 4.79 Å². The molecule has 1 amide bonds. The van der Waals surface area contributed by atoms with Crippen LogP contribution in [0.25, 0.3) is 10.8 Å². The van der Waals surface area contributed by atoms with E-state index < -0.39 is 0 Å². The monoisotopic (exact) mass is 417 g/mol. The molecule has 30 heavy (non-hydrogen) atoms. The Hall–Kier alpha value is -3.12. The number of carbonyl (C=O) groups is 1. The first-order chi connectivity index (χ1) is 14.5. The highest BCUT2D eigenvalue weighted by Crippen LogP contribution is 2.24. The van der Waals surface area contributed by atoms with Crippen molar-refractivity contribution in [1.29, 1.82) is 0 Å². The minimum Gasteiger partial charge on any atom is -0.416 e. The van der Waals surface area contributed by atoms with Crippen LogP contribution in [0.2, 0.25) is 0 Å². The van der Waals surface area contributed by atoms with E-state index in [1.54, 1.807) is 0 Å². The van der Waals surface area contributed by atoms with Crippen LogP contribution >= 0.6 is 11.8 Å². The van der Waals surface area contributed by atoms with Crippen molar-refractivity contribution in [3.8, 4) is 0 Å². The number of fused-ring (bicyclic) bond motifs is 1. The van der Waals surface area contributed by atoms with Crippen molar-refractivity contribution in [3.05, 3.63) is 82.7 Å². The number of rotatable bonds is 6. The number of benzene rings is 3. The van der Waals surface area contributed by atoms with Gasteiger partial charge in [0.1, 0.15) is 0 Å². The topological polar surface area (TPSA) is 68.0 Å². The normalized spacial score (nSPS) is 11.0. The molecule has 6 heteroatoms. The summed E-state index contributed by atoms with van der Waals surface area (Å²) >= 11 is 1.25. The predicted molar refractivity (Wildman–Crippen MR) is 121 cm³/mol. The fourth-order valence-electron chi connectivity index (χ4n) is 3.66. The zero-order valence-corrected chi connectivity index (χ0v) is 18.0. The van der Waals surface area contributed by atoms with Crippen LogP contribution < -0.4 is 5.32 Å². The van der Waals surface area contributed by atoms with Gasteiger partial charge >= 0.3 is 0 Å². The third-order valence-corrected chi connectivity index (χ3v) is 5.76. The maximum atomic E-state index is 12.4. The lowest BCUT2D eigenvalue weighted by molar-refractivity contribution is -0.113. The number of carbonyl (C=O) groups excluding carboxylic acids is 1. The molecule has 0 aliphatic rings. The Morgan fingerprint density at radius 2 is 1.73 bits per heavy atom. The van der Waals surface area contributed by atoms with Gasteiger partial charge in [-0.05, 0) is 48.2 Å². The number of amides is 1. The van der Waals surface area contributed by atoms with Gasteiger partial charge in [-0.2, -0.15) is 0 Å². The van der Waals surface area contributed by atoms with Crippen molar-refractivity contribution >= 4 is 34.1 Å². The van der Waals surface area contributed by atoms with Crippen LogP contribution in [0.3, 0.4) is 0 Å². The SMILES string of the molecule is Cc1cc(C)c(NC(=O)CSc2nnc(Cc3cccc4ccccc34)o2)c(C)c1. The average Bonchev–Trinajstić information content (AvgIpc) is 3.17. The lowest BCUT2D eigenvalue weighted by Gasteiger charge is -2.12. The van der Waals surface area contributed by atoms with Crippen molar-refractivity contribution in [2.24, 2.45) is 0 Å². The summed E-state index contributed by atoms with van der Waals surface area (Å²) in [5.74, 6) is 0.659. The van der Waals surface area contributed by atoms with Gasteiger partial charge in [-0.25, -0.2) is 0 Å². The van der Waals surface area contributed by atoms with Gasteiger partial charge in [-0.3, -0.25) is 4.79 Å². The second kappa shape index (κ2) is 8.71. The summed E-state index contributed by atoms with van der Waals surface area (Å²) in [6.07, 6.45) is 0.558. The molecule has 5 nitrogen and oxygen atoms in total. The van der Waals surface area contributed by atoms with E-state index in [4.69, 9.17) is 4.42 Å². The summed E-state index contributed by atoms with van der Waals surface area (Å²) < 4.78 is 5.76. The summed E-state index contributed by atoms with van der Waals surface area (Å²) in [6.45, 7) is 6.05. The van der Waals surface area contributed by atoms with Crippen molar-refractivity contribution in [2.75, 3.05) is 11.1 Å². The third kappa shape index (κ3) is 4.54.